The van der Waals surface area contributed by atoms with Gasteiger partial charge in [0.1, 0.15) is 10.7 Å². The molecule has 0 spiro atoms. The highest BCUT2D eigenvalue weighted by Gasteiger charge is 2.12. The molecule has 0 aliphatic heterocycles. The van der Waals surface area contributed by atoms with Gasteiger partial charge in [-0.1, -0.05) is 36.0 Å². The first-order valence-corrected chi connectivity index (χ1v) is 7.01. The number of imidazole rings is 1. The van der Waals surface area contributed by atoms with Crippen LogP contribution >= 0.6 is 11.8 Å². The van der Waals surface area contributed by atoms with E-state index in [2.05, 4.69) is 28.4 Å². The maximum Gasteiger partial charge on any atom is 0.138 e. The lowest BCUT2D eigenvalue weighted by Crippen LogP contribution is -2.01. The Labute approximate surface area is 116 Å². The third kappa shape index (κ3) is 2.25. The van der Waals surface area contributed by atoms with E-state index >= 15 is 0 Å². The molecule has 0 saturated carbocycles. The molecule has 3 rings (SSSR count). The van der Waals surface area contributed by atoms with Crippen molar-refractivity contribution < 1.29 is 0 Å². The van der Waals surface area contributed by atoms with Crippen molar-refractivity contribution in [1.29, 1.82) is 0 Å². The van der Waals surface area contributed by atoms with Gasteiger partial charge in [0, 0.05) is 17.6 Å². The van der Waals surface area contributed by atoms with Crippen LogP contribution in [0.3, 0.4) is 0 Å². The quantitative estimate of drug-likeness (QED) is 0.793. The molecule has 0 saturated heterocycles. The van der Waals surface area contributed by atoms with Crippen LogP contribution in [0.5, 0.6) is 0 Å². The predicted octanol–water partition coefficient (Wildman–Crippen LogP) is 3.25. The molecule has 3 nitrogen and oxygen atoms in total. The normalized spacial score (nSPS) is 11.1. The van der Waals surface area contributed by atoms with Crippen LogP contribution in [0.4, 0.5) is 0 Å². The molecule has 2 aromatic heterocycles. The molecule has 2 N–H and O–H groups in total. The molecule has 3 aromatic rings. The Hall–Kier alpha value is -1.78. The van der Waals surface area contributed by atoms with Crippen molar-refractivity contribution in [2.45, 2.75) is 23.4 Å². The summed E-state index contributed by atoms with van der Waals surface area (Å²) in [4.78, 5) is 5.89. The fourth-order valence-corrected chi connectivity index (χ4v) is 3.09. The Balaban J connectivity index is 2.08. The van der Waals surface area contributed by atoms with Crippen LogP contribution in [-0.2, 0) is 6.54 Å². The summed E-state index contributed by atoms with van der Waals surface area (Å²) in [5.74, 6) is 0. The number of fused-ring (bicyclic) bond motifs is 1. The Morgan fingerprint density at radius 2 is 1.95 bits per heavy atom. The zero-order chi connectivity index (χ0) is 13.2. The minimum absolute atomic E-state index is 0.486. The molecule has 0 bridgehead atoms. The number of hydrogen-bond donors (Lipinski definition) is 1. The lowest BCUT2D eigenvalue weighted by Gasteiger charge is -2.04. The van der Waals surface area contributed by atoms with Gasteiger partial charge in [0.2, 0.25) is 0 Å². The summed E-state index contributed by atoms with van der Waals surface area (Å²) in [6.45, 7) is 2.60. The molecule has 2 heterocycles. The number of hydrogen-bond acceptors (Lipinski definition) is 3. The Morgan fingerprint density at radius 1 is 1.16 bits per heavy atom. The topological polar surface area (TPSA) is 43.3 Å². The van der Waals surface area contributed by atoms with E-state index in [0.717, 1.165) is 16.4 Å². The lowest BCUT2D eigenvalue weighted by molar-refractivity contribution is 0.920. The summed E-state index contributed by atoms with van der Waals surface area (Å²) in [6, 6.07) is 14.3. The zero-order valence-corrected chi connectivity index (χ0v) is 11.5. The second-order valence-corrected chi connectivity index (χ2v) is 5.39. The fourth-order valence-electron chi connectivity index (χ4n) is 2.07. The summed E-state index contributed by atoms with van der Waals surface area (Å²) in [7, 11) is 0. The van der Waals surface area contributed by atoms with E-state index in [1.807, 2.05) is 36.5 Å². The van der Waals surface area contributed by atoms with E-state index in [0.29, 0.717) is 6.54 Å². The predicted molar refractivity (Wildman–Crippen MR) is 78.4 cm³/mol. The average Bonchev–Trinajstić information content (AvgIpc) is 2.78. The van der Waals surface area contributed by atoms with E-state index in [1.54, 1.807) is 11.8 Å². The van der Waals surface area contributed by atoms with Crippen LogP contribution in [0, 0.1) is 6.92 Å². The molecule has 0 atom stereocenters. The maximum atomic E-state index is 5.88. The number of pyridine rings is 1. The highest BCUT2D eigenvalue weighted by molar-refractivity contribution is 7.99. The second-order valence-electron chi connectivity index (χ2n) is 4.36. The molecule has 0 aliphatic rings. The van der Waals surface area contributed by atoms with Crippen molar-refractivity contribution in [2.24, 2.45) is 5.73 Å². The van der Waals surface area contributed by atoms with Gasteiger partial charge < -0.3 is 10.1 Å². The molecule has 0 fully saturated rings. The Kier molecular flexibility index (Phi) is 3.27. The van der Waals surface area contributed by atoms with Gasteiger partial charge in [0.05, 0.1) is 5.69 Å². The second kappa shape index (κ2) is 5.07. The smallest absolute Gasteiger partial charge is 0.138 e. The number of aromatic nitrogens is 2. The van der Waals surface area contributed by atoms with E-state index in [9.17, 15) is 0 Å². The highest BCUT2D eigenvalue weighted by atomic mass is 32.2. The van der Waals surface area contributed by atoms with Gasteiger partial charge in [-0.15, -0.1) is 0 Å². The summed E-state index contributed by atoms with van der Waals surface area (Å²) in [5.41, 5.74) is 9.14. The molecular weight excluding hydrogens is 254 g/mol. The minimum atomic E-state index is 0.486. The van der Waals surface area contributed by atoms with Crippen molar-refractivity contribution in [1.82, 2.24) is 9.38 Å². The van der Waals surface area contributed by atoms with Crippen LogP contribution in [0.15, 0.2) is 58.6 Å². The van der Waals surface area contributed by atoms with Gasteiger partial charge >= 0.3 is 0 Å². The highest BCUT2D eigenvalue weighted by Crippen LogP contribution is 2.32. The zero-order valence-electron chi connectivity index (χ0n) is 10.7. The van der Waals surface area contributed by atoms with E-state index in [1.165, 1.54) is 10.5 Å². The first-order valence-electron chi connectivity index (χ1n) is 6.19. The molecule has 1 aromatic carbocycles. The van der Waals surface area contributed by atoms with Crippen molar-refractivity contribution in [2.75, 3.05) is 0 Å². The van der Waals surface area contributed by atoms with Crippen LogP contribution in [-0.4, -0.2) is 9.38 Å². The van der Waals surface area contributed by atoms with E-state index in [4.69, 9.17) is 5.73 Å². The standard InChI is InChI=1S/C15H15N3S/c1-11-6-2-3-7-13(11)19-15-12(10-16)18-9-5-4-8-14(18)17-15/h2-9H,10,16H2,1H3. The molecule has 0 radical (unpaired) electrons. The van der Waals surface area contributed by atoms with Crippen molar-refractivity contribution in [3.05, 3.63) is 59.9 Å². The average molecular weight is 269 g/mol. The van der Waals surface area contributed by atoms with Crippen molar-refractivity contribution in [3.8, 4) is 0 Å². The van der Waals surface area contributed by atoms with Gasteiger partial charge in [-0.2, -0.15) is 0 Å². The summed E-state index contributed by atoms with van der Waals surface area (Å²) in [6.07, 6.45) is 2.01. The SMILES string of the molecule is Cc1ccccc1Sc1nc2ccccn2c1CN. The molecule has 19 heavy (non-hydrogen) atoms. The first-order chi connectivity index (χ1) is 9.29. The number of nitrogens with two attached hydrogens (primary N) is 1. The third-order valence-corrected chi connectivity index (χ3v) is 4.28. The van der Waals surface area contributed by atoms with Crippen LogP contribution < -0.4 is 5.73 Å². The fraction of sp³-hybridized carbons (Fsp3) is 0.133. The monoisotopic (exact) mass is 269 g/mol. The molecule has 96 valence electrons. The molecular formula is C15H15N3S. The van der Waals surface area contributed by atoms with Crippen LogP contribution in [0.25, 0.3) is 5.65 Å². The summed E-state index contributed by atoms with van der Waals surface area (Å²) >= 11 is 1.68. The number of aryl methyl sites for hydroxylation is 1. The molecule has 0 aliphatic carbocycles. The van der Waals surface area contributed by atoms with Gasteiger partial charge in [-0.25, -0.2) is 4.98 Å². The number of rotatable bonds is 3. The summed E-state index contributed by atoms with van der Waals surface area (Å²) < 4.78 is 2.06. The maximum absolute atomic E-state index is 5.88. The third-order valence-electron chi connectivity index (χ3n) is 3.09. The van der Waals surface area contributed by atoms with Crippen molar-refractivity contribution in [3.63, 3.8) is 0 Å². The van der Waals surface area contributed by atoms with Gasteiger partial charge in [-0.05, 0) is 30.7 Å². The Bertz CT molecular complexity index is 718. The lowest BCUT2D eigenvalue weighted by atomic mass is 10.2. The van der Waals surface area contributed by atoms with Crippen molar-refractivity contribution >= 4 is 17.4 Å². The first kappa shape index (κ1) is 12.3. The van der Waals surface area contributed by atoms with E-state index in [-0.39, 0.29) is 0 Å². The number of nitrogens with zero attached hydrogens (tertiary/aromatic N) is 2. The van der Waals surface area contributed by atoms with Gasteiger partial charge in [0.15, 0.2) is 0 Å². The summed E-state index contributed by atoms with van der Waals surface area (Å²) in [5, 5.41) is 0.989. The molecule has 0 unspecified atom stereocenters. The van der Waals surface area contributed by atoms with Crippen LogP contribution in [0.1, 0.15) is 11.3 Å². The largest absolute Gasteiger partial charge is 0.325 e. The number of benzene rings is 1. The molecule has 4 heteroatoms. The van der Waals surface area contributed by atoms with E-state index < -0.39 is 0 Å². The Morgan fingerprint density at radius 3 is 2.74 bits per heavy atom. The minimum Gasteiger partial charge on any atom is -0.325 e. The van der Waals surface area contributed by atoms with Gasteiger partial charge in [-0.3, -0.25) is 0 Å². The van der Waals surface area contributed by atoms with Crippen LogP contribution in [0.2, 0.25) is 0 Å². The van der Waals surface area contributed by atoms with Gasteiger partial charge in [0.25, 0.3) is 0 Å². The molecule has 0 amide bonds.